The van der Waals surface area contributed by atoms with Crippen LogP contribution in [0.5, 0.6) is 0 Å². The van der Waals surface area contributed by atoms with Crippen molar-refractivity contribution in [2.45, 2.75) is 38.7 Å². The third-order valence-electron chi connectivity index (χ3n) is 5.34. The summed E-state index contributed by atoms with van der Waals surface area (Å²) in [5, 5.41) is 2.81. The molecule has 1 saturated heterocycles. The van der Waals surface area contributed by atoms with Crippen LogP contribution in [0.15, 0.2) is 60.7 Å². The highest BCUT2D eigenvalue weighted by Crippen LogP contribution is 2.36. The summed E-state index contributed by atoms with van der Waals surface area (Å²) >= 11 is 0. The highest BCUT2D eigenvalue weighted by molar-refractivity contribution is 6.99. The Morgan fingerprint density at radius 2 is 1.32 bits per heavy atom. The second-order valence-electron chi connectivity index (χ2n) is 8.06. The molecule has 3 heteroatoms. The Balaban J connectivity index is 1.96. The summed E-state index contributed by atoms with van der Waals surface area (Å²) in [5.74, 6) is 0. The number of likely N-dealkylation sites (tertiary alicyclic amines) is 1. The van der Waals surface area contributed by atoms with Gasteiger partial charge in [-0.1, -0.05) is 81.4 Å². The van der Waals surface area contributed by atoms with Crippen LogP contribution in [-0.2, 0) is 4.43 Å². The first-order valence-corrected chi connectivity index (χ1v) is 11.4. The average Bonchev–Trinajstić information content (AvgIpc) is 3.13. The third-order valence-corrected chi connectivity index (χ3v) is 10.4. The Hall–Kier alpha value is -1.42. The summed E-state index contributed by atoms with van der Waals surface area (Å²) in [5.41, 5.74) is 0. The molecule has 2 aromatic rings. The maximum atomic E-state index is 6.93. The zero-order chi connectivity index (χ0) is 17.8. The van der Waals surface area contributed by atoms with E-state index in [1.165, 1.54) is 36.3 Å². The van der Waals surface area contributed by atoms with Gasteiger partial charge in [0.15, 0.2) is 0 Å². The Morgan fingerprint density at radius 3 is 1.76 bits per heavy atom. The zero-order valence-electron chi connectivity index (χ0n) is 15.9. The Bertz CT molecular complexity index is 605. The Morgan fingerprint density at radius 1 is 0.840 bits per heavy atom. The smallest absolute Gasteiger partial charge is 0.261 e. The molecule has 1 fully saturated rings. The lowest BCUT2D eigenvalue weighted by Crippen LogP contribution is -2.67. The van der Waals surface area contributed by atoms with Crippen molar-refractivity contribution in [2.75, 3.05) is 26.2 Å². The van der Waals surface area contributed by atoms with Crippen LogP contribution in [0.2, 0.25) is 5.04 Å². The number of hydrogen-bond acceptors (Lipinski definition) is 2. The molecular formula is C22H31NOSi. The van der Waals surface area contributed by atoms with Crippen LogP contribution in [0.3, 0.4) is 0 Å². The fraction of sp³-hybridized carbons (Fsp3) is 0.455. The van der Waals surface area contributed by atoms with Crippen molar-refractivity contribution >= 4 is 18.7 Å². The van der Waals surface area contributed by atoms with Gasteiger partial charge in [0, 0.05) is 13.2 Å². The quantitative estimate of drug-likeness (QED) is 0.735. The highest BCUT2D eigenvalue weighted by Gasteiger charge is 2.50. The van der Waals surface area contributed by atoms with Gasteiger partial charge in [-0.25, -0.2) is 0 Å². The Kier molecular flexibility index (Phi) is 5.77. The van der Waals surface area contributed by atoms with Gasteiger partial charge < -0.3 is 9.33 Å². The molecule has 3 rings (SSSR count). The van der Waals surface area contributed by atoms with Crippen LogP contribution >= 0.6 is 0 Å². The van der Waals surface area contributed by atoms with Gasteiger partial charge >= 0.3 is 0 Å². The molecule has 0 unspecified atom stereocenters. The normalized spacial score (nSPS) is 16.3. The van der Waals surface area contributed by atoms with E-state index in [2.05, 4.69) is 86.3 Å². The Labute approximate surface area is 154 Å². The van der Waals surface area contributed by atoms with Crippen LogP contribution in [0.25, 0.3) is 0 Å². The van der Waals surface area contributed by atoms with E-state index < -0.39 is 8.32 Å². The summed E-state index contributed by atoms with van der Waals surface area (Å²) in [6.07, 6.45) is 2.67. The fourth-order valence-corrected chi connectivity index (χ4v) is 8.65. The van der Waals surface area contributed by atoms with E-state index in [-0.39, 0.29) is 5.04 Å². The molecule has 0 spiro atoms. The maximum absolute atomic E-state index is 6.93. The molecule has 0 saturated carbocycles. The van der Waals surface area contributed by atoms with E-state index in [1.54, 1.807) is 0 Å². The molecule has 0 aliphatic carbocycles. The summed E-state index contributed by atoms with van der Waals surface area (Å²) in [4.78, 5) is 2.54. The first-order chi connectivity index (χ1) is 12.0. The molecule has 0 atom stereocenters. The van der Waals surface area contributed by atoms with Gasteiger partial charge in [0.1, 0.15) is 0 Å². The molecular weight excluding hydrogens is 322 g/mol. The lowest BCUT2D eigenvalue weighted by molar-refractivity contribution is 0.228. The van der Waals surface area contributed by atoms with E-state index >= 15 is 0 Å². The minimum absolute atomic E-state index is 0.0702. The van der Waals surface area contributed by atoms with Crippen molar-refractivity contribution in [3.63, 3.8) is 0 Å². The molecule has 1 aliphatic rings. The van der Waals surface area contributed by atoms with Gasteiger partial charge in [-0.15, -0.1) is 0 Å². The van der Waals surface area contributed by atoms with Crippen molar-refractivity contribution in [1.29, 1.82) is 0 Å². The van der Waals surface area contributed by atoms with Crippen LogP contribution in [0.1, 0.15) is 33.6 Å². The summed E-state index contributed by atoms with van der Waals surface area (Å²) in [6.45, 7) is 11.3. The van der Waals surface area contributed by atoms with Crippen LogP contribution in [0, 0.1) is 0 Å². The monoisotopic (exact) mass is 353 g/mol. The summed E-state index contributed by atoms with van der Waals surface area (Å²) in [6, 6.07) is 21.8. The van der Waals surface area contributed by atoms with Crippen LogP contribution in [0.4, 0.5) is 0 Å². The topological polar surface area (TPSA) is 12.5 Å². The molecule has 2 nitrogen and oxygen atoms in total. The van der Waals surface area contributed by atoms with E-state index in [9.17, 15) is 0 Å². The molecule has 1 aliphatic heterocycles. The number of nitrogens with zero attached hydrogens (tertiary/aromatic N) is 1. The standard InChI is InChI=1S/C22H31NOSi/c1-22(2,3)25(20-12-6-4-7-13-20,21-14-8-5-9-15-21)24-19-18-23-16-10-11-17-23/h4-9,12-15H,10-11,16-19H2,1-3H3. The first-order valence-electron chi connectivity index (χ1n) is 9.51. The number of hydrogen-bond donors (Lipinski definition) is 0. The van der Waals surface area contributed by atoms with Gasteiger partial charge in [0.25, 0.3) is 8.32 Å². The first kappa shape index (κ1) is 18.4. The number of rotatable bonds is 6. The van der Waals surface area contributed by atoms with Gasteiger partial charge in [0.05, 0.1) is 0 Å². The van der Waals surface area contributed by atoms with Crippen molar-refractivity contribution in [1.82, 2.24) is 4.90 Å². The molecule has 25 heavy (non-hydrogen) atoms. The zero-order valence-corrected chi connectivity index (χ0v) is 16.9. The molecule has 1 heterocycles. The maximum Gasteiger partial charge on any atom is 0.261 e. The molecule has 0 amide bonds. The van der Waals surface area contributed by atoms with Crippen LogP contribution in [-0.4, -0.2) is 39.5 Å². The lowest BCUT2D eigenvalue weighted by atomic mass is 10.2. The lowest BCUT2D eigenvalue weighted by Gasteiger charge is -2.43. The van der Waals surface area contributed by atoms with Gasteiger partial charge in [-0.2, -0.15) is 0 Å². The summed E-state index contributed by atoms with van der Waals surface area (Å²) in [7, 11) is -2.35. The highest BCUT2D eigenvalue weighted by atomic mass is 28.4. The second-order valence-corrected chi connectivity index (χ2v) is 12.4. The number of benzene rings is 2. The van der Waals surface area contributed by atoms with Crippen molar-refractivity contribution in [3.8, 4) is 0 Å². The van der Waals surface area contributed by atoms with E-state index in [1.807, 2.05) is 0 Å². The van der Waals surface area contributed by atoms with Crippen LogP contribution < -0.4 is 10.4 Å². The van der Waals surface area contributed by atoms with Gasteiger partial charge in [0.2, 0.25) is 0 Å². The molecule has 0 bridgehead atoms. The predicted molar refractivity (Wildman–Crippen MR) is 109 cm³/mol. The molecule has 0 N–H and O–H groups in total. The van der Waals surface area contributed by atoms with Gasteiger partial charge in [-0.3, -0.25) is 0 Å². The van der Waals surface area contributed by atoms with E-state index in [0.717, 1.165) is 13.2 Å². The van der Waals surface area contributed by atoms with Gasteiger partial charge in [-0.05, 0) is 41.3 Å². The average molecular weight is 354 g/mol. The molecule has 2 aromatic carbocycles. The minimum atomic E-state index is -2.35. The van der Waals surface area contributed by atoms with E-state index in [4.69, 9.17) is 4.43 Å². The molecule has 0 aromatic heterocycles. The third kappa shape index (κ3) is 3.89. The summed E-state index contributed by atoms with van der Waals surface area (Å²) < 4.78 is 6.93. The SMILES string of the molecule is CC(C)(C)[Si](OCCN1CCCC1)(c1ccccc1)c1ccccc1. The second kappa shape index (κ2) is 7.86. The predicted octanol–water partition coefficient (Wildman–Crippen LogP) is 3.66. The molecule has 0 radical (unpaired) electrons. The van der Waals surface area contributed by atoms with Crippen molar-refractivity contribution in [3.05, 3.63) is 60.7 Å². The molecule has 134 valence electrons. The van der Waals surface area contributed by atoms with Crippen molar-refractivity contribution < 1.29 is 4.43 Å². The minimum Gasteiger partial charge on any atom is -0.406 e. The van der Waals surface area contributed by atoms with Crippen molar-refractivity contribution in [2.24, 2.45) is 0 Å². The van der Waals surface area contributed by atoms with E-state index in [0.29, 0.717) is 0 Å². The largest absolute Gasteiger partial charge is 0.406 e. The fourth-order valence-electron chi connectivity index (χ4n) is 4.10.